The topological polar surface area (TPSA) is 38.7 Å². The Morgan fingerprint density at radius 1 is 0.676 bits per heavy atom. The van der Waals surface area contributed by atoms with Crippen LogP contribution in [0, 0.1) is 5.41 Å². The molecule has 3 aromatic heterocycles. The highest BCUT2D eigenvalue weighted by Crippen LogP contribution is 2.37. The minimum absolute atomic E-state index is 0.0944. The van der Waals surface area contributed by atoms with Crippen molar-refractivity contribution in [1.82, 2.24) is 15.0 Å². The van der Waals surface area contributed by atoms with Crippen molar-refractivity contribution in [3.63, 3.8) is 0 Å². The van der Waals surface area contributed by atoms with Crippen molar-refractivity contribution in [2.75, 3.05) is 0 Å². The molecule has 3 heteroatoms. The summed E-state index contributed by atoms with van der Waals surface area (Å²) >= 11 is 0. The van der Waals surface area contributed by atoms with Crippen molar-refractivity contribution in [3.8, 4) is 33.9 Å². The first-order valence-electron chi connectivity index (χ1n) is 13.2. The third-order valence-electron chi connectivity index (χ3n) is 7.45. The fraction of sp³-hybridized carbons (Fsp3) is 0.206. The Bertz CT molecular complexity index is 1490. The number of fused-ring (bicyclic) bond motifs is 4. The summed E-state index contributed by atoms with van der Waals surface area (Å²) in [7, 11) is 0. The highest BCUT2D eigenvalue weighted by Gasteiger charge is 2.28. The molecule has 0 radical (unpaired) electrons. The van der Waals surface area contributed by atoms with E-state index in [1.54, 1.807) is 0 Å². The van der Waals surface area contributed by atoms with Gasteiger partial charge in [0.05, 0.1) is 22.8 Å². The van der Waals surface area contributed by atoms with Crippen LogP contribution < -0.4 is 0 Å². The predicted octanol–water partition coefficient (Wildman–Crippen LogP) is 8.00. The first kappa shape index (κ1) is 23.3. The molecule has 6 rings (SSSR count). The molecule has 1 atom stereocenters. The highest BCUT2D eigenvalue weighted by molar-refractivity contribution is 5.67. The van der Waals surface area contributed by atoms with Gasteiger partial charge in [-0.15, -0.1) is 0 Å². The minimum Gasteiger partial charge on any atom is -0.256 e. The average molecular weight is 482 g/mol. The minimum atomic E-state index is 0.0944. The lowest BCUT2D eigenvalue weighted by Crippen LogP contribution is -2.24. The molecular formula is C34H31N3. The van der Waals surface area contributed by atoms with Gasteiger partial charge in [0.25, 0.3) is 0 Å². The van der Waals surface area contributed by atoms with Gasteiger partial charge in [-0.05, 0) is 72.9 Å². The van der Waals surface area contributed by atoms with Gasteiger partial charge in [0.2, 0.25) is 0 Å². The van der Waals surface area contributed by atoms with E-state index in [1.165, 1.54) is 11.1 Å². The molecule has 3 nitrogen and oxygen atoms in total. The van der Waals surface area contributed by atoms with E-state index in [0.717, 1.165) is 71.7 Å². The van der Waals surface area contributed by atoms with E-state index in [1.807, 2.05) is 12.1 Å². The van der Waals surface area contributed by atoms with E-state index in [-0.39, 0.29) is 5.41 Å². The number of rotatable bonds is 4. The Morgan fingerprint density at radius 2 is 1.41 bits per heavy atom. The summed E-state index contributed by atoms with van der Waals surface area (Å²) < 4.78 is 0. The number of hydrogen-bond acceptors (Lipinski definition) is 3. The van der Waals surface area contributed by atoms with E-state index in [2.05, 4.69) is 104 Å². The van der Waals surface area contributed by atoms with Crippen molar-refractivity contribution < 1.29 is 0 Å². The largest absolute Gasteiger partial charge is 0.256 e. The van der Waals surface area contributed by atoms with Crippen molar-refractivity contribution in [3.05, 3.63) is 126 Å². The predicted molar refractivity (Wildman–Crippen MR) is 151 cm³/mol. The van der Waals surface area contributed by atoms with Crippen LogP contribution in [0.4, 0.5) is 0 Å². The fourth-order valence-corrected chi connectivity index (χ4v) is 5.57. The molecule has 2 aromatic carbocycles. The normalized spacial score (nSPS) is 17.1. The lowest BCUT2D eigenvalue weighted by molar-refractivity contribution is 0.283. The van der Waals surface area contributed by atoms with E-state index in [0.29, 0.717) is 0 Å². The first-order chi connectivity index (χ1) is 18.2. The third kappa shape index (κ3) is 5.22. The molecule has 4 heterocycles. The summed E-state index contributed by atoms with van der Waals surface area (Å²) in [5.74, 6) is 0. The molecule has 2 bridgehead atoms. The van der Waals surface area contributed by atoms with Crippen LogP contribution in [0.3, 0.4) is 0 Å². The van der Waals surface area contributed by atoms with Gasteiger partial charge >= 0.3 is 0 Å². The summed E-state index contributed by atoms with van der Waals surface area (Å²) in [5.41, 5.74) is 10.1. The lowest BCUT2D eigenvalue weighted by Gasteiger charge is -2.31. The maximum Gasteiger partial charge on any atom is 0.0925 e. The molecule has 182 valence electrons. The monoisotopic (exact) mass is 481 g/mol. The molecule has 0 fully saturated rings. The van der Waals surface area contributed by atoms with Crippen molar-refractivity contribution in [1.29, 1.82) is 0 Å². The SMILES string of the molecule is CC1(Cc2ccc(-c3ccccc3)nc2)CCCc2cccc(n2)-c2nc(-c3ccccc3)ccc2C1. The van der Waals surface area contributed by atoms with Crippen LogP contribution in [0.15, 0.2) is 109 Å². The van der Waals surface area contributed by atoms with Gasteiger partial charge < -0.3 is 0 Å². The molecule has 0 amide bonds. The summed E-state index contributed by atoms with van der Waals surface area (Å²) in [5, 5.41) is 0. The second-order valence-corrected chi connectivity index (χ2v) is 10.5. The van der Waals surface area contributed by atoms with Crippen LogP contribution in [-0.2, 0) is 19.3 Å². The third-order valence-corrected chi connectivity index (χ3v) is 7.45. The number of hydrogen-bond donors (Lipinski definition) is 0. The number of pyridine rings is 3. The maximum atomic E-state index is 5.17. The van der Waals surface area contributed by atoms with E-state index in [9.17, 15) is 0 Å². The van der Waals surface area contributed by atoms with Gasteiger partial charge in [-0.25, -0.2) is 4.98 Å². The van der Waals surface area contributed by atoms with Crippen molar-refractivity contribution in [2.45, 2.75) is 39.0 Å². The zero-order valence-corrected chi connectivity index (χ0v) is 21.3. The summed E-state index contributed by atoms with van der Waals surface area (Å²) in [4.78, 5) is 15.0. The Balaban J connectivity index is 1.35. The molecule has 1 aliphatic rings. The van der Waals surface area contributed by atoms with Crippen molar-refractivity contribution >= 4 is 0 Å². The van der Waals surface area contributed by atoms with E-state index < -0.39 is 0 Å². The molecule has 0 aliphatic carbocycles. The average Bonchev–Trinajstić information content (AvgIpc) is 2.94. The quantitative estimate of drug-likeness (QED) is 0.261. The Hall–Kier alpha value is -4.11. The van der Waals surface area contributed by atoms with Gasteiger partial charge in [0.15, 0.2) is 0 Å². The molecule has 0 saturated heterocycles. The van der Waals surface area contributed by atoms with E-state index in [4.69, 9.17) is 15.0 Å². The Labute approximate surface area is 219 Å². The van der Waals surface area contributed by atoms with Crippen LogP contribution in [0.25, 0.3) is 33.9 Å². The molecule has 1 aliphatic heterocycles. The number of aryl methyl sites for hydroxylation is 1. The van der Waals surface area contributed by atoms with Crippen LogP contribution in [0.1, 0.15) is 36.6 Å². The lowest BCUT2D eigenvalue weighted by atomic mass is 9.74. The maximum absolute atomic E-state index is 5.17. The smallest absolute Gasteiger partial charge is 0.0925 e. The van der Waals surface area contributed by atoms with Crippen LogP contribution in [0.5, 0.6) is 0 Å². The molecule has 1 unspecified atom stereocenters. The Kier molecular flexibility index (Phi) is 6.36. The number of benzene rings is 2. The summed E-state index contributed by atoms with van der Waals surface area (Å²) in [6, 6.07) is 36.0. The van der Waals surface area contributed by atoms with Gasteiger partial charge in [0, 0.05) is 23.0 Å². The van der Waals surface area contributed by atoms with Gasteiger partial charge in [0.1, 0.15) is 0 Å². The zero-order valence-electron chi connectivity index (χ0n) is 21.3. The first-order valence-corrected chi connectivity index (χ1v) is 13.2. The van der Waals surface area contributed by atoms with Crippen molar-refractivity contribution in [2.24, 2.45) is 5.41 Å². The van der Waals surface area contributed by atoms with Crippen LogP contribution >= 0.6 is 0 Å². The second kappa shape index (κ2) is 10.1. The van der Waals surface area contributed by atoms with Crippen LogP contribution in [-0.4, -0.2) is 15.0 Å². The van der Waals surface area contributed by atoms with Gasteiger partial charge in [-0.1, -0.05) is 85.8 Å². The van der Waals surface area contributed by atoms with Crippen LogP contribution in [0.2, 0.25) is 0 Å². The molecular weight excluding hydrogens is 450 g/mol. The molecule has 5 aromatic rings. The standard InChI is InChI=1S/C34H31N3/c1-34(22-25-17-19-30(35-24-25)26-10-4-2-5-11-26)21-9-15-29-14-8-16-32(36-29)33-28(23-34)18-20-31(37-33)27-12-6-3-7-13-27/h2-8,10-14,16-20,24H,9,15,21-23H2,1H3. The molecule has 0 N–H and O–H groups in total. The molecule has 37 heavy (non-hydrogen) atoms. The van der Waals surface area contributed by atoms with Gasteiger partial charge in [-0.2, -0.15) is 0 Å². The highest BCUT2D eigenvalue weighted by atomic mass is 14.8. The molecule has 0 spiro atoms. The summed E-state index contributed by atoms with van der Waals surface area (Å²) in [6.07, 6.45) is 7.23. The van der Waals surface area contributed by atoms with E-state index >= 15 is 0 Å². The molecule has 0 saturated carbocycles. The zero-order chi connectivity index (χ0) is 25.1. The number of nitrogens with zero attached hydrogens (tertiary/aromatic N) is 3. The Morgan fingerprint density at radius 3 is 2.14 bits per heavy atom. The number of aromatic nitrogens is 3. The second-order valence-electron chi connectivity index (χ2n) is 10.5. The van der Waals surface area contributed by atoms with Gasteiger partial charge in [-0.3, -0.25) is 9.97 Å². The fourth-order valence-electron chi connectivity index (χ4n) is 5.57. The summed E-state index contributed by atoms with van der Waals surface area (Å²) in [6.45, 7) is 2.43.